The molecule has 1 N–H and O–H groups in total. The Morgan fingerprint density at radius 1 is 1.05 bits per heavy atom. The van der Waals surface area contributed by atoms with Gasteiger partial charge in [0.15, 0.2) is 17.4 Å². The summed E-state index contributed by atoms with van der Waals surface area (Å²) in [7, 11) is 1.33. The van der Waals surface area contributed by atoms with Gasteiger partial charge in [-0.05, 0) is 70.0 Å². The van der Waals surface area contributed by atoms with E-state index in [0.29, 0.717) is 41.9 Å². The summed E-state index contributed by atoms with van der Waals surface area (Å²) in [5, 5.41) is 8.50. The van der Waals surface area contributed by atoms with E-state index in [0.717, 1.165) is 32.2 Å². The molecule has 16 heteroatoms. The number of nitrogens with zero attached hydrogens (tertiary/aromatic N) is 5. The van der Waals surface area contributed by atoms with E-state index >= 15 is 8.78 Å². The van der Waals surface area contributed by atoms with E-state index in [2.05, 4.69) is 9.88 Å². The Bertz CT molecular complexity index is 2090. The van der Waals surface area contributed by atoms with Crippen molar-refractivity contribution in [3.63, 3.8) is 0 Å². The predicted octanol–water partition coefficient (Wildman–Crippen LogP) is 8.06. The summed E-state index contributed by atoms with van der Waals surface area (Å²) in [6.07, 6.45) is 2.16. The highest BCUT2D eigenvalue weighted by atomic mass is 35.5. The van der Waals surface area contributed by atoms with Gasteiger partial charge < -0.3 is 24.2 Å². The second kappa shape index (κ2) is 15.7. The van der Waals surface area contributed by atoms with Crippen molar-refractivity contribution in [2.24, 2.45) is 0 Å². The lowest BCUT2D eigenvalue weighted by molar-refractivity contribution is -0.122. The number of rotatable bonds is 6. The molecule has 4 saturated heterocycles. The number of carboxylic acid groups (broad SMARTS) is 1. The maximum absolute atomic E-state index is 17.2. The number of benzene rings is 3. The van der Waals surface area contributed by atoms with Crippen LogP contribution in [-0.2, 0) is 9.53 Å². The number of methoxy groups -OCH3 is 1. The van der Waals surface area contributed by atoms with E-state index in [-0.39, 0.29) is 83.3 Å². The standard InChI is InChI=1S/C38H41ClF3N5O4.CH2O2.ClH/c1-37(2,3)51-36(48)47-23-12-13-24(47)19-45(18-23)34-29-32(43-35(44-34)50-20-38-14-7-15-46(38)17-22(40)16-38)30(41)28(31(42)33(29)49-4)25-10-5-8-21-9-6-11-26(39)27(21)25;2-1-3;/h5-6,8-11,22-24H,7,12-20H2,1-4H3;1H,(H,2,3);1H/t22-,23?,24?,38+;;/m1../s1. The van der Waals surface area contributed by atoms with Gasteiger partial charge >= 0.3 is 12.1 Å². The van der Waals surface area contributed by atoms with Gasteiger partial charge in [0.05, 0.1) is 35.7 Å². The highest BCUT2D eigenvalue weighted by molar-refractivity contribution is 6.36. The minimum atomic E-state index is -0.960. The summed E-state index contributed by atoms with van der Waals surface area (Å²) in [4.78, 5) is 36.9. The monoisotopic (exact) mass is 805 g/mol. The molecule has 4 aromatic rings. The van der Waals surface area contributed by atoms with Crippen LogP contribution in [0.15, 0.2) is 36.4 Å². The zero-order valence-electron chi connectivity index (χ0n) is 31.0. The third kappa shape index (κ3) is 7.40. The number of ether oxygens (including phenoxy) is 3. The summed E-state index contributed by atoms with van der Waals surface area (Å²) in [6.45, 7) is 7.18. The molecule has 0 aliphatic carbocycles. The van der Waals surface area contributed by atoms with Gasteiger partial charge in [0.25, 0.3) is 6.47 Å². The predicted molar refractivity (Wildman–Crippen MR) is 206 cm³/mol. The molecule has 0 spiro atoms. The van der Waals surface area contributed by atoms with Crippen LogP contribution in [0.4, 0.5) is 23.8 Å². The fourth-order valence-electron chi connectivity index (χ4n) is 8.80. The lowest BCUT2D eigenvalue weighted by Crippen LogP contribution is -2.57. The molecule has 0 saturated carbocycles. The van der Waals surface area contributed by atoms with Gasteiger partial charge in [-0.15, -0.1) is 12.4 Å². The van der Waals surface area contributed by atoms with Gasteiger partial charge in [-0.2, -0.15) is 9.97 Å². The molecule has 11 nitrogen and oxygen atoms in total. The number of anilines is 1. The summed E-state index contributed by atoms with van der Waals surface area (Å²) in [5.41, 5.74) is -1.42. The van der Waals surface area contributed by atoms with Crippen LogP contribution < -0.4 is 14.4 Å². The minimum Gasteiger partial charge on any atom is -0.493 e. The molecule has 296 valence electrons. The Kier molecular flexibility index (Phi) is 11.5. The highest BCUT2D eigenvalue weighted by Crippen LogP contribution is 2.47. The molecule has 4 aliphatic heterocycles. The first-order chi connectivity index (χ1) is 25.8. The number of aromatic nitrogens is 2. The number of carbonyl (C=O) groups is 2. The first-order valence-corrected chi connectivity index (χ1v) is 18.5. The van der Waals surface area contributed by atoms with Gasteiger partial charge in [0.1, 0.15) is 29.7 Å². The first kappa shape index (κ1) is 40.4. The number of hydrogen-bond acceptors (Lipinski definition) is 9. The molecule has 8 rings (SSSR count). The van der Waals surface area contributed by atoms with Crippen LogP contribution in [-0.4, -0.2) is 107 Å². The van der Waals surface area contributed by atoms with Crippen molar-refractivity contribution in [3.05, 3.63) is 53.1 Å². The Labute approximate surface area is 328 Å². The van der Waals surface area contributed by atoms with Crippen molar-refractivity contribution < 1.29 is 42.1 Å². The molecule has 55 heavy (non-hydrogen) atoms. The second-order valence-corrected chi connectivity index (χ2v) is 15.8. The van der Waals surface area contributed by atoms with Crippen LogP contribution in [0, 0.1) is 11.6 Å². The van der Waals surface area contributed by atoms with Crippen LogP contribution in [0.5, 0.6) is 11.8 Å². The molecule has 3 aromatic carbocycles. The number of carbonyl (C=O) groups excluding carboxylic acids is 1. The quantitative estimate of drug-likeness (QED) is 0.192. The molecule has 1 amide bonds. The Balaban J connectivity index is 0.00000125. The molecule has 1 aromatic heterocycles. The zero-order chi connectivity index (χ0) is 38.5. The number of amides is 1. The van der Waals surface area contributed by atoms with Gasteiger partial charge in [-0.3, -0.25) is 14.6 Å². The van der Waals surface area contributed by atoms with E-state index in [9.17, 15) is 9.18 Å². The fraction of sp³-hybridized carbons (Fsp3) is 0.487. The molecular weight excluding hydrogens is 762 g/mol. The molecule has 4 aliphatic rings. The second-order valence-electron chi connectivity index (χ2n) is 15.4. The minimum absolute atomic E-state index is 0. The molecule has 5 heterocycles. The van der Waals surface area contributed by atoms with Crippen LogP contribution in [0.3, 0.4) is 0 Å². The maximum Gasteiger partial charge on any atom is 0.410 e. The number of hydrogen-bond donors (Lipinski definition) is 1. The smallest absolute Gasteiger partial charge is 0.410 e. The summed E-state index contributed by atoms with van der Waals surface area (Å²) in [5.74, 6) is -1.80. The SMILES string of the molecule is COc1c(F)c(-c2cccc3cccc(Cl)c23)c(F)c2nc(OC[C@@]34CCCN3C[C@H](F)C4)nc(N3CC4CCC(C3)N4C(=O)OC(C)(C)C)c12.Cl.O=CO. The van der Waals surface area contributed by atoms with Crippen molar-refractivity contribution in [1.29, 1.82) is 0 Å². The maximum atomic E-state index is 17.2. The lowest BCUT2D eigenvalue weighted by Gasteiger charge is -2.42. The summed E-state index contributed by atoms with van der Waals surface area (Å²) < 4.78 is 66.4. The molecule has 2 unspecified atom stereocenters. The van der Waals surface area contributed by atoms with E-state index in [1.165, 1.54) is 7.11 Å². The van der Waals surface area contributed by atoms with Gasteiger partial charge in [-0.1, -0.05) is 41.9 Å². The van der Waals surface area contributed by atoms with Crippen molar-refractivity contribution in [2.75, 3.05) is 44.8 Å². The molecule has 4 atom stereocenters. The Morgan fingerprint density at radius 2 is 1.73 bits per heavy atom. The average Bonchev–Trinajstić information content (AvgIpc) is 3.74. The molecule has 2 bridgehead atoms. The number of fused-ring (bicyclic) bond motifs is 5. The van der Waals surface area contributed by atoms with Crippen LogP contribution in [0.25, 0.3) is 32.8 Å². The fourth-order valence-corrected chi connectivity index (χ4v) is 9.08. The van der Waals surface area contributed by atoms with Crippen molar-refractivity contribution >= 4 is 64.1 Å². The van der Waals surface area contributed by atoms with Crippen molar-refractivity contribution in [2.45, 2.75) is 82.3 Å². The summed E-state index contributed by atoms with van der Waals surface area (Å²) >= 11 is 6.62. The topological polar surface area (TPSA) is 118 Å². The van der Waals surface area contributed by atoms with Crippen LogP contribution in [0.2, 0.25) is 5.02 Å². The van der Waals surface area contributed by atoms with E-state index in [1.54, 1.807) is 29.2 Å². The third-order valence-corrected chi connectivity index (χ3v) is 11.2. The normalized spacial score (nSPS) is 23.2. The third-order valence-electron chi connectivity index (χ3n) is 10.9. The highest BCUT2D eigenvalue weighted by Gasteiger charge is 2.50. The van der Waals surface area contributed by atoms with E-state index < -0.39 is 28.9 Å². The van der Waals surface area contributed by atoms with Crippen LogP contribution in [0.1, 0.15) is 52.9 Å². The Morgan fingerprint density at radius 3 is 2.38 bits per heavy atom. The van der Waals surface area contributed by atoms with Gasteiger partial charge in [0.2, 0.25) is 0 Å². The first-order valence-electron chi connectivity index (χ1n) is 18.1. The number of piperazine rings is 1. The molecule has 0 radical (unpaired) electrons. The van der Waals surface area contributed by atoms with E-state index in [4.69, 9.17) is 40.7 Å². The van der Waals surface area contributed by atoms with Crippen molar-refractivity contribution in [3.8, 4) is 22.9 Å². The zero-order valence-corrected chi connectivity index (χ0v) is 32.6. The van der Waals surface area contributed by atoms with E-state index in [1.807, 2.05) is 37.8 Å². The lowest BCUT2D eigenvalue weighted by atomic mass is 9.95. The Hall–Kier alpha value is -4.27. The number of halogens is 5. The van der Waals surface area contributed by atoms with Gasteiger partial charge in [0, 0.05) is 36.5 Å². The summed E-state index contributed by atoms with van der Waals surface area (Å²) in [6, 6.07) is 9.92. The average molecular weight is 807 g/mol. The largest absolute Gasteiger partial charge is 0.493 e. The molecular formula is C39H44Cl2F3N5O6. The molecule has 4 fully saturated rings. The van der Waals surface area contributed by atoms with Crippen LogP contribution >= 0.6 is 24.0 Å². The van der Waals surface area contributed by atoms with Gasteiger partial charge in [-0.25, -0.2) is 18.0 Å². The van der Waals surface area contributed by atoms with Crippen molar-refractivity contribution in [1.82, 2.24) is 19.8 Å². The number of alkyl halides is 1.